The normalized spacial score (nSPS) is 10.1. The lowest BCUT2D eigenvalue weighted by molar-refractivity contribution is -0.137. The highest BCUT2D eigenvalue weighted by Crippen LogP contribution is 2.04. The van der Waals surface area contributed by atoms with E-state index in [1.165, 1.54) is 24.3 Å². The summed E-state index contributed by atoms with van der Waals surface area (Å²) in [6.45, 7) is 2.93. The van der Waals surface area contributed by atoms with Crippen molar-refractivity contribution in [3.8, 4) is 5.75 Å². The molecule has 0 saturated carbocycles. The Bertz CT molecular complexity index is 423. The summed E-state index contributed by atoms with van der Waals surface area (Å²) in [6.07, 6.45) is 0. The zero-order valence-corrected chi connectivity index (χ0v) is 10.9. The number of benzene rings is 1. The number of rotatable bonds is 7. The summed E-state index contributed by atoms with van der Waals surface area (Å²) in [4.78, 5) is 23.8. The molecule has 1 N–H and O–H groups in total. The van der Waals surface area contributed by atoms with Gasteiger partial charge in [-0.15, -0.1) is 0 Å². The van der Waals surface area contributed by atoms with Gasteiger partial charge in [0, 0.05) is 5.46 Å². The van der Waals surface area contributed by atoms with Crippen LogP contribution in [0.1, 0.15) is 6.92 Å². The van der Waals surface area contributed by atoms with Gasteiger partial charge in [-0.1, -0.05) is 19.1 Å². The number of nitrogens with zero attached hydrogens (tertiary/aromatic N) is 1. The molecule has 0 radical (unpaired) electrons. The van der Waals surface area contributed by atoms with Gasteiger partial charge in [0.25, 0.3) is 6.47 Å². The molecule has 0 heterocycles. The van der Waals surface area contributed by atoms with Crippen LogP contribution in [0.2, 0.25) is 0 Å². The van der Waals surface area contributed by atoms with Crippen molar-refractivity contribution in [1.29, 1.82) is 0 Å². The summed E-state index contributed by atoms with van der Waals surface area (Å²) < 4.78 is 9.80. The molecule has 0 spiro atoms. The van der Waals surface area contributed by atoms with E-state index in [1.54, 1.807) is 11.9 Å². The third-order valence-corrected chi connectivity index (χ3v) is 2.52. The van der Waals surface area contributed by atoms with Crippen LogP contribution < -0.4 is 5.46 Å². The van der Waals surface area contributed by atoms with E-state index in [-0.39, 0.29) is 18.8 Å². The molecule has 7 heteroatoms. The van der Waals surface area contributed by atoms with Crippen molar-refractivity contribution in [3.63, 3.8) is 0 Å². The molecule has 1 rings (SSSR count). The predicted octanol–water partition coefficient (Wildman–Crippen LogP) is -0.245. The molecule has 102 valence electrons. The van der Waals surface area contributed by atoms with Crippen LogP contribution in [0.5, 0.6) is 5.75 Å². The molecule has 0 saturated heterocycles. The third-order valence-electron chi connectivity index (χ3n) is 2.52. The number of hydrogen-bond donors (Lipinski definition) is 1. The molecule has 0 aliphatic carbocycles. The summed E-state index contributed by atoms with van der Waals surface area (Å²) in [5.41, 5.74) is 0.470. The van der Waals surface area contributed by atoms with Gasteiger partial charge in [0.2, 0.25) is 0 Å². The average Bonchev–Trinajstić information content (AvgIpc) is 2.39. The van der Waals surface area contributed by atoms with Crippen molar-refractivity contribution < 1.29 is 24.0 Å². The van der Waals surface area contributed by atoms with Gasteiger partial charge in [-0.2, -0.15) is 0 Å². The van der Waals surface area contributed by atoms with Gasteiger partial charge < -0.3 is 14.4 Å². The number of hydrogen-bond acceptors (Lipinski definition) is 6. The van der Waals surface area contributed by atoms with Gasteiger partial charge in [-0.25, -0.2) is 0 Å². The molecule has 0 aliphatic rings. The van der Waals surface area contributed by atoms with E-state index < -0.39 is 13.1 Å². The van der Waals surface area contributed by atoms with Crippen LogP contribution in [-0.4, -0.2) is 49.7 Å². The Morgan fingerprint density at radius 3 is 2.58 bits per heavy atom. The van der Waals surface area contributed by atoms with Crippen LogP contribution in [0.4, 0.5) is 0 Å². The Kier molecular flexibility index (Phi) is 5.88. The van der Waals surface area contributed by atoms with E-state index in [0.29, 0.717) is 12.0 Å². The maximum absolute atomic E-state index is 11.6. The summed E-state index contributed by atoms with van der Waals surface area (Å²) in [7, 11) is 0.674. The van der Waals surface area contributed by atoms with Gasteiger partial charge in [0.15, 0.2) is 0 Å². The monoisotopic (exact) mass is 265 g/mol. The van der Waals surface area contributed by atoms with Gasteiger partial charge in [-0.05, 0) is 25.7 Å². The molecule has 0 aliphatic heterocycles. The SMILES string of the molecule is CCN(C)CC(=O)OB(OC=O)c1ccc(O)cc1. The van der Waals surface area contributed by atoms with Crippen LogP contribution in [-0.2, 0) is 18.9 Å². The second-order valence-electron chi connectivity index (χ2n) is 3.98. The van der Waals surface area contributed by atoms with Crippen LogP contribution in [0.25, 0.3) is 0 Å². The first kappa shape index (κ1) is 15.0. The zero-order valence-electron chi connectivity index (χ0n) is 10.9. The number of phenolic OH excluding ortho intramolecular Hbond substituents is 1. The fraction of sp³-hybridized carbons (Fsp3) is 0.333. The fourth-order valence-electron chi connectivity index (χ4n) is 1.35. The van der Waals surface area contributed by atoms with Crippen LogP contribution in [0.3, 0.4) is 0 Å². The van der Waals surface area contributed by atoms with Crippen molar-refractivity contribution in [2.75, 3.05) is 20.1 Å². The molecular formula is C12H16BNO5. The number of carbonyl (C=O) groups is 2. The number of aromatic hydroxyl groups is 1. The van der Waals surface area contributed by atoms with Gasteiger partial charge >= 0.3 is 13.1 Å². The minimum Gasteiger partial charge on any atom is -0.508 e. The average molecular weight is 265 g/mol. The molecule has 0 amide bonds. The van der Waals surface area contributed by atoms with Crippen molar-refractivity contribution in [2.24, 2.45) is 0 Å². The molecule has 1 aromatic rings. The second kappa shape index (κ2) is 7.43. The minimum absolute atomic E-state index is 0.0747. The van der Waals surface area contributed by atoms with Crippen molar-refractivity contribution in [1.82, 2.24) is 4.90 Å². The summed E-state index contributed by atoms with van der Waals surface area (Å²) >= 11 is 0. The zero-order chi connectivity index (χ0) is 14.3. The highest BCUT2D eigenvalue weighted by atomic mass is 16.6. The first-order valence-electron chi connectivity index (χ1n) is 5.83. The first-order chi connectivity index (χ1) is 9.06. The first-order valence-corrected chi connectivity index (χ1v) is 5.83. The quantitative estimate of drug-likeness (QED) is 0.541. The van der Waals surface area contributed by atoms with Crippen LogP contribution in [0.15, 0.2) is 24.3 Å². The van der Waals surface area contributed by atoms with E-state index in [0.717, 1.165) is 0 Å². The molecular weight excluding hydrogens is 249 g/mol. The second-order valence-corrected chi connectivity index (χ2v) is 3.98. The molecule has 0 fully saturated rings. The lowest BCUT2D eigenvalue weighted by atomic mass is 9.79. The van der Waals surface area contributed by atoms with Gasteiger partial charge in [0.05, 0.1) is 6.54 Å². The maximum atomic E-state index is 11.6. The van der Waals surface area contributed by atoms with Crippen LogP contribution in [0, 0.1) is 0 Å². The van der Waals surface area contributed by atoms with E-state index in [9.17, 15) is 14.7 Å². The molecule has 0 aromatic heterocycles. The fourth-order valence-corrected chi connectivity index (χ4v) is 1.35. The summed E-state index contributed by atoms with van der Waals surface area (Å²) in [6, 6.07) is 5.87. The Morgan fingerprint density at radius 2 is 2.05 bits per heavy atom. The smallest absolute Gasteiger partial charge is 0.508 e. The Hall–Kier alpha value is -2.02. The standard InChI is InChI=1S/C12H16BNO5/c1-3-14(2)8-12(17)19-13(18-9-15)10-4-6-11(16)7-5-10/h4-7,9,16H,3,8H2,1-2H3. The molecule has 6 nitrogen and oxygen atoms in total. The predicted molar refractivity (Wildman–Crippen MR) is 69.9 cm³/mol. The Labute approximate surface area is 112 Å². The number of likely N-dealkylation sites (N-methyl/N-ethyl adjacent to an activating group) is 1. The van der Waals surface area contributed by atoms with Crippen molar-refractivity contribution in [3.05, 3.63) is 24.3 Å². The lowest BCUT2D eigenvalue weighted by Crippen LogP contribution is -2.41. The number of carbonyl (C=O) groups excluding carboxylic acids is 2. The Morgan fingerprint density at radius 1 is 1.42 bits per heavy atom. The Balaban J connectivity index is 2.69. The van der Waals surface area contributed by atoms with Crippen LogP contribution >= 0.6 is 0 Å². The molecule has 1 aromatic carbocycles. The minimum atomic E-state index is -1.10. The molecule has 19 heavy (non-hydrogen) atoms. The van der Waals surface area contributed by atoms with E-state index in [4.69, 9.17) is 9.31 Å². The third kappa shape index (κ3) is 5.01. The number of phenols is 1. The van der Waals surface area contributed by atoms with E-state index in [1.807, 2.05) is 6.92 Å². The molecule has 0 atom stereocenters. The van der Waals surface area contributed by atoms with Crippen molar-refractivity contribution in [2.45, 2.75) is 6.92 Å². The van der Waals surface area contributed by atoms with Gasteiger partial charge in [0.1, 0.15) is 5.75 Å². The topological polar surface area (TPSA) is 76.1 Å². The summed E-state index contributed by atoms with van der Waals surface area (Å²) in [5, 5.41) is 9.18. The molecule has 0 unspecified atom stereocenters. The molecule has 0 bridgehead atoms. The highest BCUT2D eigenvalue weighted by molar-refractivity contribution is 6.63. The maximum Gasteiger partial charge on any atom is 0.636 e. The summed E-state index contributed by atoms with van der Waals surface area (Å²) in [5.74, 6) is -0.421. The lowest BCUT2D eigenvalue weighted by Gasteiger charge is -2.16. The van der Waals surface area contributed by atoms with E-state index >= 15 is 0 Å². The highest BCUT2D eigenvalue weighted by Gasteiger charge is 2.28. The van der Waals surface area contributed by atoms with Gasteiger partial charge in [-0.3, -0.25) is 14.5 Å². The largest absolute Gasteiger partial charge is 0.636 e. The van der Waals surface area contributed by atoms with E-state index in [2.05, 4.69) is 0 Å². The van der Waals surface area contributed by atoms with Crippen molar-refractivity contribution >= 4 is 25.0 Å².